The molecule has 0 atom stereocenters. The van der Waals surface area contributed by atoms with Crippen molar-refractivity contribution in [1.82, 2.24) is 4.90 Å². The van der Waals surface area contributed by atoms with Crippen molar-refractivity contribution in [3.63, 3.8) is 0 Å². The van der Waals surface area contributed by atoms with E-state index in [2.05, 4.69) is 18.7 Å². The van der Waals surface area contributed by atoms with Gasteiger partial charge >= 0.3 is 0 Å². The summed E-state index contributed by atoms with van der Waals surface area (Å²) >= 11 is 0. The molecule has 2 heteroatoms. The van der Waals surface area contributed by atoms with Gasteiger partial charge in [0.25, 0.3) is 0 Å². The Morgan fingerprint density at radius 3 is 2.36 bits per heavy atom. The lowest BCUT2D eigenvalue weighted by Crippen LogP contribution is -2.36. The Morgan fingerprint density at radius 2 is 1.91 bits per heavy atom. The number of rotatable bonds is 3. The van der Waals surface area contributed by atoms with Crippen molar-refractivity contribution in [3.05, 3.63) is 0 Å². The maximum atomic E-state index is 5.55. The van der Waals surface area contributed by atoms with Crippen LogP contribution in [0.2, 0.25) is 0 Å². The first kappa shape index (κ1) is 9.01. The molecule has 66 valence electrons. The number of piperidine rings is 1. The predicted molar refractivity (Wildman–Crippen MR) is 46.8 cm³/mol. The lowest BCUT2D eigenvalue weighted by Gasteiger charge is -2.30. The molecule has 2 nitrogen and oxygen atoms in total. The molecule has 1 rings (SSSR count). The summed E-state index contributed by atoms with van der Waals surface area (Å²) in [6, 6.07) is 0. The van der Waals surface area contributed by atoms with Gasteiger partial charge in [-0.25, -0.2) is 0 Å². The summed E-state index contributed by atoms with van der Waals surface area (Å²) in [5.74, 6) is 0. The van der Waals surface area contributed by atoms with Crippen LogP contribution in [0.1, 0.15) is 26.7 Å². The van der Waals surface area contributed by atoms with Gasteiger partial charge in [-0.15, -0.1) is 0 Å². The maximum Gasteiger partial charge on any atom is 0.0599 e. The normalized spacial score (nSPS) is 22.4. The standard InChI is InChI=1S/C9H19NO/c1-3-10-7-5-9(6-8-10)11-4-2/h9H,3-8H2,1-2H3. The molecule has 0 spiro atoms. The number of nitrogens with zero attached hydrogens (tertiary/aromatic N) is 1. The molecule has 1 saturated heterocycles. The molecule has 1 aliphatic heterocycles. The molecular formula is C9H19NO. The monoisotopic (exact) mass is 157 g/mol. The van der Waals surface area contributed by atoms with Gasteiger partial charge in [-0.2, -0.15) is 0 Å². The summed E-state index contributed by atoms with van der Waals surface area (Å²) in [6.45, 7) is 8.81. The molecule has 0 aromatic rings. The predicted octanol–water partition coefficient (Wildman–Crippen LogP) is 1.51. The van der Waals surface area contributed by atoms with E-state index in [1.165, 1.54) is 32.5 Å². The third-order valence-electron chi connectivity index (χ3n) is 2.38. The van der Waals surface area contributed by atoms with Gasteiger partial charge in [0.15, 0.2) is 0 Å². The lowest BCUT2D eigenvalue weighted by atomic mass is 10.1. The van der Waals surface area contributed by atoms with Crippen LogP contribution in [0.15, 0.2) is 0 Å². The second kappa shape index (κ2) is 4.73. The minimum Gasteiger partial charge on any atom is -0.378 e. The zero-order valence-corrected chi connectivity index (χ0v) is 7.68. The fraction of sp³-hybridized carbons (Fsp3) is 1.00. The maximum absolute atomic E-state index is 5.55. The summed E-state index contributed by atoms with van der Waals surface area (Å²) in [5.41, 5.74) is 0. The Balaban J connectivity index is 2.14. The Labute approximate surface area is 69.5 Å². The Morgan fingerprint density at radius 1 is 1.27 bits per heavy atom. The van der Waals surface area contributed by atoms with Gasteiger partial charge in [-0.05, 0) is 26.3 Å². The first-order valence-corrected chi connectivity index (χ1v) is 4.70. The molecular weight excluding hydrogens is 138 g/mol. The average molecular weight is 157 g/mol. The van der Waals surface area contributed by atoms with Crippen molar-refractivity contribution in [2.24, 2.45) is 0 Å². The van der Waals surface area contributed by atoms with Crippen molar-refractivity contribution >= 4 is 0 Å². The van der Waals surface area contributed by atoms with E-state index in [4.69, 9.17) is 4.74 Å². The minimum absolute atomic E-state index is 0.544. The summed E-state index contributed by atoms with van der Waals surface area (Å²) in [6.07, 6.45) is 2.99. The van der Waals surface area contributed by atoms with Gasteiger partial charge < -0.3 is 9.64 Å². The van der Waals surface area contributed by atoms with Crippen LogP contribution in [0.4, 0.5) is 0 Å². The Bertz CT molecular complexity index is 97.7. The SMILES string of the molecule is CCOC1CCN(CC)CC1. The molecule has 11 heavy (non-hydrogen) atoms. The molecule has 0 radical (unpaired) electrons. The molecule has 0 aromatic carbocycles. The van der Waals surface area contributed by atoms with E-state index in [1.54, 1.807) is 0 Å². The summed E-state index contributed by atoms with van der Waals surface area (Å²) in [5, 5.41) is 0. The molecule has 0 N–H and O–H groups in total. The number of likely N-dealkylation sites (tertiary alicyclic amines) is 1. The molecule has 1 heterocycles. The molecule has 0 amide bonds. The quantitative estimate of drug-likeness (QED) is 0.615. The van der Waals surface area contributed by atoms with Crippen LogP contribution >= 0.6 is 0 Å². The highest BCUT2D eigenvalue weighted by Crippen LogP contribution is 2.12. The van der Waals surface area contributed by atoms with Crippen LogP contribution in [0.5, 0.6) is 0 Å². The fourth-order valence-electron chi connectivity index (χ4n) is 1.63. The second-order valence-electron chi connectivity index (χ2n) is 3.09. The van der Waals surface area contributed by atoms with E-state index < -0.39 is 0 Å². The van der Waals surface area contributed by atoms with E-state index in [1.807, 2.05) is 0 Å². The molecule has 1 aliphatic rings. The second-order valence-corrected chi connectivity index (χ2v) is 3.09. The van der Waals surface area contributed by atoms with Crippen molar-refractivity contribution in [3.8, 4) is 0 Å². The highest BCUT2D eigenvalue weighted by molar-refractivity contribution is 4.70. The van der Waals surface area contributed by atoms with E-state index in [0.717, 1.165) is 6.61 Å². The first-order valence-electron chi connectivity index (χ1n) is 4.70. The third kappa shape index (κ3) is 2.80. The highest BCUT2D eigenvalue weighted by Gasteiger charge is 2.17. The van der Waals surface area contributed by atoms with Crippen molar-refractivity contribution in [2.45, 2.75) is 32.8 Å². The van der Waals surface area contributed by atoms with Crippen molar-refractivity contribution < 1.29 is 4.74 Å². The van der Waals surface area contributed by atoms with Gasteiger partial charge in [0, 0.05) is 19.7 Å². The molecule has 0 unspecified atom stereocenters. The molecule has 1 fully saturated rings. The van der Waals surface area contributed by atoms with Crippen LogP contribution in [0.25, 0.3) is 0 Å². The summed E-state index contributed by atoms with van der Waals surface area (Å²) in [7, 11) is 0. The van der Waals surface area contributed by atoms with Crippen LogP contribution < -0.4 is 0 Å². The fourth-order valence-corrected chi connectivity index (χ4v) is 1.63. The number of hydrogen-bond donors (Lipinski definition) is 0. The molecule has 0 aliphatic carbocycles. The number of hydrogen-bond acceptors (Lipinski definition) is 2. The van der Waals surface area contributed by atoms with Gasteiger partial charge in [0.1, 0.15) is 0 Å². The lowest BCUT2D eigenvalue weighted by molar-refractivity contribution is 0.0154. The largest absolute Gasteiger partial charge is 0.378 e. The van der Waals surface area contributed by atoms with E-state index in [9.17, 15) is 0 Å². The van der Waals surface area contributed by atoms with Crippen molar-refractivity contribution in [2.75, 3.05) is 26.2 Å². The minimum atomic E-state index is 0.544. The highest BCUT2D eigenvalue weighted by atomic mass is 16.5. The third-order valence-corrected chi connectivity index (χ3v) is 2.38. The van der Waals surface area contributed by atoms with Gasteiger partial charge in [-0.1, -0.05) is 6.92 Å². The Kier molecular flexibility index (Phi) is 3.87. The van der Waals surface area contributed by atoms with Crippen LogP contribution in [-0.2, 0) is 4.74 Å². The van der Waals surface area contributed by atoms with Gasteiger partial charge in [-0.3, -0.25) is 0 Å². The van der Waals surface area contributed by atoms with E-state index in [0.29, 0.717) is 6.10 Å². The molecule has 0 saturated carbocycles. The first-order chi connectivity index (χ1) is 5.36. The summed E-state index contributed by atoms with van der Waals surface area (Å²) < 4.78 is 5.55. The molecule has 0 aromatic heterocycles. The van der Waals surface area contributed by atoms with E-state index in [-0.39, 0.29) is 0 Å². The Hall–Kier alpha value is -0.0800. The average Bonchev–Trinajstić information content (AvgIpc) is 2.07. The topological polar surface area (TPSA) is 12.5 Å². The smallest absolute Gasteiger partial charge is 0.0599 e. The van der Waals surface area contributed by atoms with E-state index >= 15 is 0 Å². The van der Waals surface area contributed by atoms with Crippen LogP contribution in [0, 0.1) is 0 Å². The van der Waals surface area contributed by atoms with Crippen LogP contribution in [-0.4, -0.2) is 37.2 Å². The number of ether oxygens (including phenoxy) is 1. The van der Waals surface area contributed by atoms with Crippen molar-refractivity contribution in [1.29, 1.82) is 0 Å². The van der Waals surface area contributed by atoms with Crippen LogP contribution in [0.3, 0.4) is 0 Å². The van der Waals surface area contributed by atoms with Gasteiger partial charge in [0.2, 0.25) is 0 Å². The summed E-state index contributed by atoms with van der Waals surface area (Å²) in [4.78, 5) is 2.48. The van der Waals surface area contributed by atoms with Gasteiger partial charge in [0.05, 0.1) is 6.10 Å². The molecule has 0 bridgehead atoms. The zero-order chi connectivity index (χ0) is 8.10. The zero-order valence-electron chi connectivity index (χ0n) is 7.68.